The van der Waals surface area contributed by atoms with E-state index >= 15 is 0 Å². The highest BCUT2D eigenvalue weighted by atomic mass is 32.2. The zero-order valence-corrected chi connectivity index (χ0v) is 26.1. The zero-order valence-electron chi connectivity index (χ0n) is 25.3. The number of hydrogen-bond donors (Lipinski definition) is 3. The van der Waals surface area contributed by atoms with Crippen LogP contribution < -0.4 is 5.32 Å². The highest BCUT2D eigenvalue weighted by Gasteiger charge is 2.26. The first kappa shape index (κ1) is 37.8. The van der Waals surface area contributed by atoms with Gasteiger partial charge in [0, 0.05) is 6.42 Å². The third-order valence-electron chi connectivity index (χ3n) is 7.16. The number of unbranched alkanes of at least 4 members (excludes halogenated alkanes) is 16. The second-order valence-corrected chi connectivity index (χ2v) is 12.6. The molecule has 0 aromatic carbocycles. The minimum atomic E-state index is -4.30. The van der Waals surface area contributed by atoms with Crippen LogP contribution in [0.25, 0.3) is 0 Å². The summed E-state index contributed by atoms with van der Waals surface area (Å²) in [6, 6.07) is -0.973. The molecule has 0 fully saturated rings. The first-order chi connectivity index (χ1) is 18.8. The molecule has 0 bridgehead atoms. The minimum absolute atomic E-state index is 0.263. The van der Waals surface area contributed by atoms with Gasteiger partial charge in [0.25, 0.3) is 10.1 Å². The molecule has 2 unspecified atom stereocenters. The Hall–Kier alpha value is -1.18. The first-order valence-electron chi connectivity index (χ1n) is 16.0. The summed E-state index contributed by atoms with van der Waals surface area (Å²) in [6.07, 6.45) is 31.2. The summed E-state index contributed by atoms with van der Waals surface area (Å²) < 4.78 is 32.2. The highest BCUT2D eigenvalue weighted by Crippen LogP contribution is 2.14. The maximum absolute atomic E-state index is 12.4. The van der Waals surface area contributed by atoms with Crippen molar-refractivity contribution in [2.24, 2.45) is 0 Å². The van der Waals surface area contributed by atoms with Gasteiger partial charge in [-0.05, 0) is 38.5 Å². The van der Waals surface area contributed by atoms with E-state index in [0.29, 0.717) is 12.8 Å². The second-order valence-electron chi connectivity index (χ2n) is 11.1. The summed E-state index contributed by atoms with van der Waals surface area (Å²) in [5.41, 5.74) is 0. The van der Waals surface area contributed by atoms with Crippen molar-refractivity contribution in [3.8, 4) is 0 Å². The Morgan fingerprint density at radius 1 is 0.692 bits per heavy atom. The van der Waals surface area contributed by atoms with Crippen LogP contribution in [0, 0.1) is 0 Å². The van der Waals surface area contributed by atoms with E-state index in [1.807, 2.05) is 0 Å². The Morgan fingerprint density at radius 3 is 1.74 bits per heavy atom. The minimum Gasteiger partial charge on any atom is -0.391 e. The van der Waals surface area contributed by atoms with Crippen molar-refractivity contribution in [2.75, 3.05) is 5.75 Å². The third-order valence-corrected chi connectivity index (χ3v) is 7.94. The summed E-state index contributed by atoms with van der Waals surface area (Å²) >= 11 is 0. The fraction of sp³-hybridized carbons (Fsp3) is 0.844. The number of hydrogen-bond acceptors (Lipinski definition) is 4. The van der Waals surface area contributed by atoms with E-state index in [0.717, 1.165) is 64.2 Å². The molecule has 0 heterocycles. The van der Waals surface area contributed by atoms with E-state index < -0.39 is 28.0 Å². The van der Waals surface area contributed by atoms with Gasteiger partial charge in [0.05, 0.1) is 17.9 Å². The van der Waals surface area contributed by atoms with E-state index in [1.165, 1.54) is 64.2 Å². The zero-order chi connectivity index (χ0) is 29.0. The molecule has 0 aliphatic carbocycles. The standard InChI is InChI=1S/C32H61NO5S/c1-3-5-7-9-11-13-15-16-17-18-20-22-24-26-28-32(35)33-30(29-39(36,37)38)31(34)27-25-23-21-19-14-12-10-8-6-4-2/h9,11,15-16,30-31,34H,3-8,10,12-14,17-29H2,1-2H3,(H,33,35)(H,36,37,38)/b11-9-,16-15-. The van der Waals surface area contributed by atoms with E-state index in [1.54, 1.807) is 0 Å². The molecule has 2 atom stereocenters. The van der Waals surface area contributed by atoms with Gasteiger partial charge in [0.15, 0.2) is 0 Å². The van der Waals surface area contributed by atoms with Gasteiger partial charge < -0.3 is 10.4 Å². The molecular weight excluding hydrogens is 510 g/mol. The number of nitrogens with one attached hydrogen (secondary N) is 1. The molecule has 0 aromatic rings. The number of amides is 1. The quantitative estimate of drug-likeness (QED) is 0.0496. The molecule has 39 heavy (non-hydrogen) atoms. The van der Waals surface area contributed by atoms with Crippen molar-refractivity contribution >= 4 is 16.0 Å². The highest BCUT2D eigenvalue weighted by molar-refractivity contribution is 7.85. The molecule has 0 saturated carbocycles. The molecule has 230 valence electrons. The molecule has 1 amide bonds. The topological polar surface area (TPSA) is 104 Å². The smallest absolute Gasteiger partial charge is 0.266 e. The molecule has 7 heteroatoms. The maximum atomic E-state index is 12.4. The lowest BCUT2D eigenvalue weighted by Gasteiger charge is -2.23. The number of rotatable bonds is 28. The van der Waals surface area contributed by atoms with Crippen molar-refractivity contribution in [1.82, 2.24) is 5.32 Å². The summed E-state index contributed by atoms with van der Waals surface area (Å²) in [5, 5.41) is 13.2. The monoisotopic (exact) mass is 571 g/mol. The van der Waals surface area contributed by atoms with Crippen molar-refractivity contribution in [2.45, 2.75) is 167 Å². The fourth-order valence-electron chi connectivity index (χ4n) is 4.70. The number of carbonyl (C=O) groups excluding carboxylic acids is 1. The van der Waals surface area contributed by atoms with Crippen molar-refractivity contribution < 1.29 is 22.9 Å². The SMILES string of the molecule is CCCC/C=C\C/C=C\CCCCCCCC(=O)NC(CS(=O)(=O)O)C(O)CCCCCCCCCCCC. The van der Waals surface area contributed by atoms with Gasteiger partial charge in [-0.1, -0.05) is 134 Å². The van der Waals surface area contributed by atoms with Gasteiger partial charge in [0.1, 0.15) is 0 Å². The van der Waals surface area contributed by atoms with Crippen LogP contribution in [0.2, 0.25) is 0 Å². The van der Waals surface area contributed by atoms with Crippen LogP contribution in [0.15, 0.2) is 24.3 Å². The van der Waals surface area contributed by atoms with Gasteiger partial charge >= 0.3 is 0 Å². The lowest BCUT2D eigenvalue weighted by molar-refractivity contribution is -0.122. The molecule has 6 nitrogen and oxygen atoms in total. The van der Waals surface area contributed by atoms with Crippen molar-refractivity contribution in [1.29, 1.82) is 0 Å². The van der Waals surface area contributed by atoms with E-state index in [2.05, 4.69) is 43.5 Å². The number of aliphatic hydroxyl groups excluding tert-OH is 1. The maximum Gasteiger partial charge on any atom is 0.266 e. The molecule has 3 N–H and O–H groups in total. The first-order valence-corrected chi connectivity index (χ1v) is 17.6. The van der Waals surface area contributed by atoms with Crippen LogP contribution in [0.1, 0.15) is 155 Å². The molecule has 0 radical (unpaired) electrons. The van der Waals surface area contributed by atoms with Gasteiger partial charge in [-0.3, -0.25) is 9.35 Å². The van der Waals surface area contributed by atoms with Crippen LogP contribution in [-0.2, 0) is 14.9 Å². The van der Waals surface area contributed by atoms with E-state index in [9.17, 15) is 22.9 Å². The van der Waals surface area contributed by atoms with Gasteiger partial charge in [-0.2, -0.15) is 8.42 Å². The van der Waals surface area contributed by atoms with Gasteiger partial charge in [0.2, 0.25) is 5.91 Å². The Morgan fingerprint density at radius 2 is 1.18 bits per heavy atom. The van der Waals surface area contributed by atoms with Gasteiger partial charge in [-0.15, -0.1) is 0 Å². The molecule has 0 aliphatic rings. The normalized spacial score (nSPS) is 13.8. The summed E-state index contributed by atoms with van der Waals surface area (Å²) in [7, 11) is -4.30. The van der Waals surface area contributed by atoms with Crippen LogP contribution in [-0.4, -0.2) is 41.9 Å². The van der Waals surface area contributed by atoms with Gasteiger partial charge in [-0.25, -0.2) is 0 Å². The Labute approximate surface area is 241 Å². The van der Waals surface area contributed by atoms with Crippen LogP contribution in [0.3, 0.4) is 0 Å². The Bertz CT molecular complexity index is 720. The molecular formula is C32H61NO5S. The molecule has 0 aromatic heterocycles. The molecule has 0 rings (SSSR count). The third kappa shape index (κ3) is 28.2. The summed E-state index contributed by atoms with van der Waals surface area (Å²) in [6.45, 7) is 4.43. The Balaban J connectivity index is 4.02. The van der Waals surface area contributed by atoms with E-state index in [4.69, 9.17) is 0 Å². The average Bonchev–Trinajstić information content (AvgIpc) is 2.88. The summed E-state index contributed by atoms with van der Waals surface area (Å²) in [4.78, 5) is 12.4. The van der Waals surface area contributed by atoms with Crippen LogP contribution in [0.4, 0.5) is 0 Å². The van der Waals surface area contributed by atoms with Crippen LogP contribution in [0.5, 0.6) is 0 Å². The lowest BCUT2D eigenvalue weighted by atomic mass is 10.0. The van der Waals surface area contributed by atoms with E-state index in [-0.39, 0.29) is 5.91 Å². The number of aliphatic hydroxyl groups is 1. The van der Waals surface area contributed by atoms with Crippen molar-refractivity contribution in [3.63, 3.8) is 0 Å². The number of carbonyl (C=O) groups is 1. The molecule has 0 aliphatic heterocycles. The lowest BCUT2D eigenvalue weighted by Crippen LogP contribution is -2.47. The van der Waals surface area contributed by atoms with Crippen LogP contribution >= 0.6 is 0 Å². The molecule has 0 saturated heterocycles. The van der Waals surface area contributed by atoms with Crippen molar-refractivity contribution in [3.05, 3.63) is 24.3 Å². The fourth-order valence-corrected chi connectivity index (χ4v) is 5.46. The largest absolute Gasteiger partial charge is 0.391 e. The predicted octanol–water partition coefficient (Wildman–Crippen LogP) is 8.45. The second kappa shape index (κ2) is 27.0. The number of allylic oxidation sites excluding steroid dienone is 4. The molecule has 0 spiro atoms. The predicted molar refractivity (Wildman–Crippen MR) is 166 cm³/mol. The Kier molecular flexibility index (Phi) is 26.2. The summed E-state index contributed by atoms with van der Waals surface area (Å²) in [5.74, 6) is -0.916. The average molecular weight is 572 g/mol.